The van der Waals surface area contributed by atoms with E-state index in [0.717, 1.165) is 0 Å². The van der Waals surface area contributed by atoms with Gasteiger partial charge in [-0.05, 0) is 33.3 Å². The predicted molar refractivity (Wildman–Crippen MR) is 128 cm³/mol. The van der Waals surface area contributed by atoms with Gasteiger partial charge in [-0.1, -0.05) is 30.3 Å². The first-order chi connectivity index (χ1) is 18.2. The topological polar surface area (TPSA) is 120 Å². The Bertz CT molecular complexity index is 1180. The van der Waals surface area contributed by atoms with Crippen LogP contribution in [0.25, 0.3) is 0 Å². The summed E-state index contributed by atoms with van der Waals surface area (Å²) in [6.07, 6.45) is -1.67. The lowest BCUT2D eigenvalue weighted by Gasteiger charge is -2.23. The molecule has 0 spiro atoms. The largest absolute Gasteiger partial charge is 0.479 e. The Morgan fingerprint density at radius 2 is 1.51 bits per heavy atom. The number of ketones is 1. The first kappa shape index (κ1) is 31.1. The molecule has 0 fully saturated rings. The molecular formula is C26H28F4N2O7. The molecule has 2 N–H and O–H groups in total. The van der Waals surface area contributed by atoms with Crippen molar-refractivity contribution in [3.05, 3.63) is 65.2 Å². The van der Waals surface area contributed by atoms with Gasteiger partial charge in [-0.2, -0.15) is 8.78 Å². The fraction of sp³-hybridized carbons (Fsp3) is 0.385. The smallest absolute Gasteiger partial charge is 0.408 e. The molecule has 2 atom stereocenters. The number of esters is 1. The van der Waals surface area contributed by atoms with Crippen LogP contribution >= 0.6 is 0 Å². The quantitative estimate of drug-likeness (QED) is 0.246. The lowest BCUT2D eigenvalue weighted by molar-refractivity contribution is -0.156. The summed E-state index contributed by atoms with van der Waals surface area (Å²) in [5, 5.41) is 4.48. The van der Waals surface area contributed by atoms with Crippen molar-refractivity contribution in [2.24, 2.45) is 0 Å². The minimum Gasteiger partial charge on any atom is -0.479 e. The molecule has 0 saturated carbocycles. The zero-order valence-corrected chi connectivity index (χ0v) is 21.6. The Hall–Kier alpha value is -4.16. The van der Waals surface area contributed by atoms with Gasteiger partial charge in [-0.15, -0.1) is 0 Å². The highest BCUT2D eigenvalue weighted by atomic mass is 19.2. The Kier molecular flexibility index (Phi) is 10.8. The molecule has 0 saturated heterocycles. The number of carbonyl (C=O) groups excluding carboxylic acids is 4. The monoisotopic (exact) mass is 556 g/mol. The second-order valence-corrected chi connectivity index (χ2v) is 9.33. The molecule has 2 amide bonds. The van der Waals surface area contributed by atoms with E-state index in [-0.39, 0.29) is 12.7 Å². The van der Waals surface area contributed by atoms with Gasteiger partial charge >= 0.3 is 12.1 Å². The number of alkyl carbamates (subject to hydrolysis) is 1. The van der Waals surface area contributed by atoms with Crippen LogP contribution in [0.5, 0.6) is 5.75 Å². The van der Waals surface area contributed by atoms with Crippen molar-refractivity contribution < 1.29 is 51.0 Å². The van der Waals surface area contributed by atoms with Crippen molar-refractivity contribution in [2.75, 3.05) is 6.61 Å². The molecule has 2 unspecified atom stereocenters. The van der Waals surface area contributed by atoms with Crippen LogP contribution < -0.4 is 15.4 Å². The van der Waals surface area contributed by atoms with Crippen molar-refractivity contribution in [3.63, 3.8) is 0 Å². The molecule has 9 nitrogen and oxygen atoms in total. The van der Waals surface area contributed by atoms with Crippen LogP contribution in [-0.2, 0) is 30.5 Å². The Balaban J connectivity index is 2.08. The van der Waals surface area contributed by atoms with Gasteiger partial charge in [-0.25, -0.2) is 13.6 Å². The molecule has 2 aromatic carbocycles. The molecule has 39 heavy (non-hydrogen) atoms. The van der Waals surface area contributed by atoms with Crippen molar-refractivity contribution in [1.29, 1.82) is 0 Å². The number of hydrogen-bond donors (Lipinski definition) is 2. The minimum atomic E-state index is -1.87. The molecule has 2 aromatic rings. The summed E-state index contributed by atoms with van der Waals surface area (Å²) >= 11 is 0. The molecule has 0 aromatic heterocycles. The average molecular weight is 557 g/mol. The van der Waals surface area contributed by atoms with Gasteiger partial charge in [0.2, 0.25) is 17.5 Å². The first-order valence-electron chi connectivity index (χ1n) is 11.7. The molecular weight excluding hydrogens is 528 g/mol. The molecule has 0 bridgehead atoms. The summed E-state index contributed by atoms with van der Waals surface area (Å²) < 4.78 is 69.5. The second-order valence-electron chi connectivity index (χ2n) is 9.33. The number of nitrogens with one attached hydrogen (secondary N) is 2. The number of halogens is 4. The molecule has 13 heteroatoms. The maximum absolute atomic E-state index is 13.9. The number of hydrogen-bond acceptors (Lipinski definition) is 7. The van der Waals surface area contributed by atoms with Crippen molar-refractivity contribution in [3.8, 4) is 5.75 Å². The number of carbonyl (C=O) groups is 4. The zero-order chi connectivity index (χ0) is 29.3. The fourth-order valence-corrected chi connectivity index (χ4v) is 3.02. The minimum absolute atomic E-state index is 0.0376. The summed E-state index contributed by atoms with van der Waals surface area (Å²) in [5.74, 6) is -11.7. The van der Waals surface area contributed by atoms with Crippen LogP contribution in [0, 0.1) is 23.3 Å². The number of ether oxygens (including phenoxy) is 3. The Morgan fingerprint density at radius 3 is 2.08 bits per heavy atom. The molecule has 2 rings (SSSR count). The van der Waals surface area contributed by atoms with E-state index in [0.29, 0.717) is 5.56 Å². The fourth-order valence-electron chi connectivity index (χ4n) is 3.02. The maximum atomic E-state index is 13.9. The van der Waals surface area contributed by atoms with E-state index in [1.807, 2.05) is 0 Å². The highest BCUT2D eigenvalue weighted by Crippen LogP contribution is 2.26. The summed E-state index contributed by atoms with van der Waals surface area (Å²) in [7, 11) is 0. The molecule has 0 radical (unpaired) electrons. The number of benzene rings is 2. The third-order valence-corrected chi connectivity index (χ3v) is 4.87. The molecule has 0 aliphatic heterocycles. The van der Waals surface area contributed by atoms with E-state index >= 15 is 0 Å². The Morgan fingerprint density at radius 1 is 0.923 bits per heavy atom. The summed E-state index contributed by atoms with van der Waals surface area (Å²) in [6, 6.07) is 5.75. The number of amides is 2. The van der Waals surface area contributed by atoms with Crippen LogP contribution in [0.3, 0.4) is 0 Å². The molecule has 0 aliphatic carbocycles. The van der Waals surface area contributed by atoms with Crippen LogP contribution in [0.15, 0.2) is 36.4 Å². The van der Waals surface area contributed by atoms with Crippen LogP contribution in [0.4, 0.5) is 22.4 Å². The molecule has 212 valence electrons. The van der Waals surface area contributed by atoms with Gasteiger partial charge in [-0.3, -0.25) is 14.4 Å². The Labute approximate surface area is 221 Å². The highest BCUT2D eigenvalue weighted by Gasteiger charge is 2.30. The van der Waals surface area contributed by atoms with E-state index in [1.54, 1.807) is 51.1 Å². The van der Waals surface area contributed by atoms with Gasteiger partial charge in [0.15, 0.2) is 23.2 Å². The van der Waals surface area contributed by atoms with E-state index < -0.39 is 83.5 Å². The number of rotatable bonds is 11. The van der Waals surface area contributed by atoms with E-state index in [1.165, 1.54) is 6.92 Å². The molecule has 0 aliphatic rings. The SMILES string of the molecule is CC(NC(=O)OCc1ccccc1)C(=O)NC(CC(=O)OC(C)(C)C)C(=O)COc1c(F)c(F)cc(F)c1F. The third kappa shape index (κ3) is 9.91. The number of Topliss-reactive ketones (excluding diaryl/α,β-unsaturated/α-hetero) is 1. The average Bonchev–Trinajstić information content (AvgIpc) is 2.85. The van der Waals surface area contributed by atoms with Gasteiger partial charge in [0, 0.05) is 6.07 Å². The van der Waals surface area contributed by atoms with Crippen molar-refractivity contribution >= 4 is 23.8 Å². The van der Waals surface area contributed by atoms with Gasteiger partial charge in [0.05, 0.1) is 6.42 Å². The van der Waals surface area contributed by atoms with Gasteiger partial charge in [0.1, 0.15) is 30.9 Å². The van der Waals surface area contributed by atoms with Gasteiger partial charge in [0.25, 0.3) is 0 Å². The third-order valence-electron chi connectivity index (χ3n) is 4.87. The first-order valence-corrected chi connectivity index (χ1v) is 11.7. The lowest BCUT2D eigenvalue weighted by atomic mass is 10.1. The summed E-state index contributed by atoms with van der Waals surface area (Å²) in [6.45, 7) is 4.68. The second kappa shape index (κ2) is 13.6. The van der Waals surface area contributed by atoms with E-state index in [2.05, 4.69) is 15.4 Å². The van der Waals surface area contributed by atoms with E-state index in [9.17, 15) is 36.7 Å². The summed E-state index contributed by atoms with van der Waals surface area (Å²) in [5.41, 5.74) is -0.257. The highest BCUT2D eigenvalue weighted by molar-refractivity contribution is 5.95. The van der Waals surface area contributed by atoms with Crippen LogP contribution in [-0.4, -0.2) is 48.0 Å². The van der Waals surface area contributed by atoms with Gasteiger partial charge < -0.3 is 24.8 Å². The van der Waals surface area contributed by atoms with Crippen LogP contribution in [0.2, 0.25) is 0 Å². The maximum Gasteiger partial charge on any atom is 0.408 e. The van der Waals surface area contributed by atoms with Crippen molar-refractivity contribution in [1.82, 2.24) is 10.6 Å². The normalized spacial score (nSPS) is 12.6. The zero-order valence-electron chi connectivity index (χ0n) is 21.6. The van der Waals surface area contributed by atoms with Crippen molar-refractivity contribution in [2.45, 2.75) is 58.4 Å². The lowest BCUT2D eigenvalue weighted by Crippen LogP contribution is -2.52. The predicted octanol–water partition coefficient (Wildman–Crippen LogP) is 3.72. The van der Waals surface area contributed by atoms with Crippen LogP contribution in [0.1, 0.15) is 39.7 Å². The van der Waals surface area contributed by atoms with E-state index in [4.69, 9.17) is 9.47 Å². The summed E-state index contributed by atoms with van der Waals surface area (Å²) in [4.78, 5) is 49.8. The standard InChI is InChI=1S/C26H28F4N2O7/c1-14(31-25(36)38-12-15-8-6-5-7-9-15)24(35)32-18(11-20(34)39-26(2,3)4)19(33)13-37-23-21(29)16(27)10-17(28)22(23)30/h5-10,14,18H,11-13H2,1-4H3,(H,31,36)(H,32,35). The molecule has 0 heterocycles.